The molecule has 1 unspecified atom stereocenters. The van der Waals surface area contributed by atoms with Crippen molar-refractivity contribution in [1.82, 2.24) is 10.6 Å². The fourth-order valence-electron chi connectivity index (χ4n) is 6.51. The number of allylic oxidation sites excluding steroid dienone is 4. The summed E-state index contributed by atoms with van der Waals surface area (Å²) in [6.45, 7) is 8.80. The fraction of sp³-hybridized carbons (Fsp3) is 0.586. The lowest BCUT2D eigenvalue weighted by Gasteiger charge is -2.42. The van der Waals surface area contributed by atoms with Gasteiger partial charge >= 0.3 is 0 Å². The lowest BCUT2D eigenvalue weighted by Crippen LogP contribution is -2.57. The molecular weight excluding hydrogens is 549 g/mol. The van der Waals surface area contributed by atoms with E-state index in [0.29, 0.717) is 29.7 Å². The summed E-state index contributed by atoms with van der Waals surface area (Å²) in [5, 5.41) is 16.3. The molecule has 1 aromatic carbocycles. The minimum Gasteiger partial charge on any atom is -0.390 e. The van der Waals surface area contributed by atoms with Crippen LogP contribution < -0.4 is 10.6 Å². The third kappa shape index (κ3) is 5.83. The Hall–Kier alpha value is -1.81. The quantitative estimate of drug-likeness (QED) is 0.367. The van der Waals surface area contributed by atoms with Crippen LogP contribution in [0.15, 0.2) is 40.3 Å². The van der Waals surface area contributed by atoms with Crippen molar-refractivity contribution in [3.05, 3.63) is 52.6 Å². The van der Waals surface area contributed by atoms with Crippen molar-refractivity contribution in [2.24, 2.45) is 17.3 Å². The maximum absolute atomic E-state index is 14.7. The van der Waals surface area contributed by atoms with E-state index >= 15 is 0 Å². The molecule has 214 valence electrons. The molecule has 1 spiro atoms. The topological polar surface area (TPSA) is 78.4 Å². The van der Waals surface area contributed by atoms with Crippen LogP contribution in [0.4, 0.5) is 13.2 Å². The van der Waals surface area contributed by atoms with Crippen LogP contribution in [0.3, 0.4) is 0 Å². The van der Waals surface area contributed by atoms with Gasteiger partial charge in [0.05, 0.1) is 17.1 Å². The van der Waals surface area contributed by atoms with E-state index in [9.17, 15) is 27.9 Å². The molecule has 1 aliphatic carbocycles. The minimum atomic E-state index is -1.33. The van der Waals surface area contributed by atoms with E-state index in [-0.39, 0.29) is 27.5 Å². The second kappa shape index (κ2) is 10.9. The van der Waals surface area contributed by atoms with Crippen LogP contribution in [0, 0.1) is 28.9 Å². The summed E-state index contributed by atoms with van der Waals surface area (Å²) in [7, 11) is 0. The zero-order valence-electron chi connectivity index (χ0n) is 22.8. The molecule has 4 rings (SSSR count). The maximum Gasteiger partial charge on any atom is 0.237 e. The third-order valence-electron chi connectivity index (χ3n) is 8.03. The number of carbonyl (C=O) groups excluding carboxylic acids is 2. The molecule has 10 heteroatoms. The SMILES string of the molecule is CC(/C=C\C=C(\Cl)CF)[C@H]1[C@H](C(=O)N[C@H]2C[C@@](C)(O)C2)N[C@H](CC(C)(C)C)[C@]12C(=O)Sc1cc(F)c(F)cc12. The van der Waals surface area contributed by atoms with Crippen LogP contribution in [0.1, 0.15) is 59.4 Å². The molecule has 2 fully saturated rings. The highest BCUT2D eigenvalue weighted by Crippen LogP contribution is 2.59. The number of alkyl halides is 1. The molecule has 2 heterocycles. The average molecular weight is 585 g/mol. The van der Waals surface area contributed by atoms with E-state index < -0.39 is 53.2 Å². The summed E-state index contributed by atoms with van der Waals surface area (Å²) in [6.07, 6.45) is 6.08. The van der Waals surface area contributed by atoms with Crippen LogP contribution in [0.2, 0.25) is 0 Å². The second-order valence-corrected chi connectivity index (χ2v) is 14.1. The highest BCUT2D eigenvalue weighted by atomic mass is 35.5. The van der Waals surface area contributed by atoms with Gasteiger partial charge in [0, 0.05) is 27.9 Å². The zero-order valence-corrected chi connectivity index (χ0v) is 24.4. The Morgan fingerprint density at radius 2 is 1.95 bits per heavy atom. The molecule has 3 N–H and O–H groups in total. The van der Waals surface area contributed by atoms with E-state index in [0.717, 1.165) is 23.9 Å². The number of benzene rings is 1. The van der Waals surface area contributed by atoms with Gasteiger partial charge < -0.3 is 15.7 Å². The van der Waals surface area contributed by atoms with E-state index in [1.807, 2.05) is 27.7 Å². The van der Waals surface area contributed by atoms with Crippen LogP contribution in [0.25, 0.3) is 0 Å². The molecule has 2 aliphatic heterocycles. The Morgan fingerprint density at radius 3 is 2.54 bits per heavy atom. The number of hydrogen-bond donors (Lipinski definition) is 3. The van der Waals surface area contributed by atoms with Crippen molar-refractivity contribution >= 4 is 34.4 Å². The normalized spacial score (nSPS) is 33.5. The highest BCUT2D eigenvalue weighted by molar-refractivity contribution is 8.14. The first-order valence-electron chi connectivity index (χ1n) is 13.2. The summed E-state index contributed by atoms with van der Waals surface area (Å²) < 4.78 is 41.9. The molecular formula is C29H36ClF3N2O3S. The number of fused-ring (bicyclic) bond motifs is 2. The Labute approximate surface area is 237 Å². The van der Waals surface area contributed by atoms with E-state index in [2.05, 4.69) is 10.6 Å². The Bertz CT molecular complexity index is 1210. The summed E-state index contributed by atoms with van der Waals surface area (Å²) >= 11 is 6.71. The van der Waals surface area contributed by atoms with Gasteiger partial charge in [0.1, 0.15) is 6.67 Å². The Morgan fingerprint density at radius 1 is 1.31 bits per heavy atom. The number of aliphatic hydroxyl groups is 1. The fourth-order valence-corrected chi connectivity index (χ4v) is 7.84. The standard InChI is InChI=1S/C29H36ClF3N2O3S/c1-15(7-6-8-16(30)14-31)23-24(25(36)34-17-11-28(5,38)12-17)35-22(13-27(2,3)4)29(23)18-9-19(32)20(33)10-21(18)39-26(29)37/h6-10,15,17,22-24,35,38H,11-14H2,1-5H3,(H,34,36)/b7-6-,16-8+/t15?,17-,22-,23+,24-,28+,29+/m1/s1. The number of thioether (sulfide) groups is 1. The largest absolute Gasteiger partial charge is 0.390 e. The van der Waals surface area contributed by atoms with Gasteiger partial charge in [0.2, 0.25) is 11.0 Å². The molecule has 5 atom stereocenters. The van der Waals surface area contributed by atoms with Crippen LogP contribution in [-0.2, 0) is 15.0 Å². The Balaban J connectivity index is 1.84. The predicted molar refractivity (Wildman–Crippen MR) is 147 cm³/mol. The summed E-state index contributed by atoms with van der Waals surface area (Å²) in [6, 6.07) is 0.562. The smallest absolute Gasteiger partial charge is 0.237 e. The average Bonchev–Trinajstić information content (AvgIpc) is 3.27. The van der Waals surface area contributed by atoms with Gasteiger partial charge in [-0.1, -0.05) is 63.2 Å². The lowest BCUT2D eigenvalue weighted by atomic mass is 9.61. The van der Waals surface area contributed by atoms with Crippen molar-refractivity contribution in [2.75, 3.05) is 6.67 Å². The first-order valence-corrected chi connectivity index (χ1v) is 14.4. The molecule has 0 bridgehead atoms. The van der Waals surface area contributed by atoms with Gasteiger partial charge in [-0.2, -0.15) is 0 Å². The summed E-state index contributed by atoms with van der Waals surface area (Å²) in [5.74, 6) is -3.51. The number of hydrogen-bond acceptors (Lipinski definition) is 5. The second-order valence-electron chi connectivity index (χ2n) is 12.6. The number of nitrogens with one attached hydrogen (secondary N) is 2. The Kier molecular flexibility index (Phi) is 8.41. The first-order chi connectivity index (χ1) is 18.1. The van der Waals surface area contributed by atoms with E-state index in [1.165, 1.54) is 6.08 Å². The summed E-state index contributed by atoms with van der Waals surface area (Å²) in [4.78, 5) is 28.2. The molecule has 5 nitrogen and oxygen atoms in total. The van der Waals surface area contributed by atoms with E-state index in [4.69, 9.17) is 11.6 Å². The number of carbonyl (C=O) groups is 2. The van der Waals surface area contributed by atoms with Crippen molar-refractivity contribution in [3.63, 3.8) is 0 Å². The highest BCUT2D eigenvalue weighted by Gasteiger charge is 2.66. The summed E-state index contributed by atoms with van der Waals surface area (Å²) in [5.41, 5.74) is -2.06. The molecule has 3 aliphatic rings. The molecule has 1 aromatic rings. The number of rotatable bonds is 7. The van der Waals surface area contributed by atoms with Crippen molar-refractivity contribution in [2.45, 2.75) is 87.9 Å². The van der Waals surface area contributed by atoms with Gasteiger partial charge in [0.25, 0.3) is 0 Å². The van der Waals surface area contributed by atoms with Crippen molar-refractivity contribution in [3.8, 4) is 0 Å². The van der Waals surface area contributed by atoms with Gasteiger partial charge in [-0.3, -0.25) is 9.59 Å². The van der Waals surface area contributed by atoms with Crippen LogP contribution in [0.5, 0.6) is 0 Å². The number of halogens is 4. The van der Waals surface area contributed by atoms with Gasteiger partial charge in [-0.25, -0.2) is 13.2 Å². The number of amides is 1. The zero-order chi connectivity index (χ0) is 28.9. The van der Waals surface area contributed by atoms with Crippen LogP contribution >= 0.6 is 23.4 Å². The van der Waals surface area contributed by atoms with Crippen molar-refractivity contribution < 1.29 is 27.9 Å². The lowest BCUT2D eigenvalue weighted by molar-refractivity contribution is -0.128. The van der Waals surface area contributed by atoms with Crippen molar-refractivity contribution in [1.29, 1.82) is 0 Å². The monoisotopic (exact) mass is 584 g/mol. The molecule has 39 heavy (non-hydrogen) atoms. The molecule has 0 aromatic heterocycles. The first kappa shape index (κ1) is 30.2. The predicted octanol–water partition coefficient (Wildman–Crippen LogP) is 5.54. The molecule has 0 radical (unpaired) electrons. The molecule has 1 amide bonds. The maximum atomic E-state index is 14.7. The van der Waals surface area contributed by atoms with E-state index in [1.54, 1.807) is 19.1 Å². The van der Waals surface area contributed by atoms with Gasteiger partial charge in [-0.05, 0) is 61.3 Å². The van der Waals surface area contributed by atoms with Gasteiger partial charge in [0.15, 0.2) is 11.6 Å². The molecule has 1 saturated carbocycles. The van der Waals surface area contributed by atoms with Gasteiger partial charge in [-0.15, -0.1) is 0 Å². The minimum absolute atomic E-state index is 0.00467. The molecule has 1 saturated heterocycles. The third-order valence-corrected chi connectivity index (χ3v) is 9.34. The van der Waals surface area contributed by atoms with Crippen LogP contribution in [-0.4, -0.2) is 46.5 Å².